The fourth-order valence-electron chi connectivity index (χ4n) is 1.71. The monoisotopic (exact) mass is 267 g/mol. The summed E-state index contributed by atoms with van der Waals surface area (Å²) in [6.45, 7) is 5.90. The van der Waals surface area contributed by atoms with Gasteiger partial charge in [-0.3, -0.25) is 5.43 Å². The number of nitrogens with one attached hydrogen (secondary N) is 2. The van der Waals surface area contributed by atoms with E-state index in [-0.39, 0.29) is 5.97 Å². The van der Waals surface area contributed by atoms with Gasteiger partial charge < -0.3 is 10.1 Å². The highest BCUT2D eigenvalue weighted by Crippen LogP contribution is 2.14. The molecule has 7 heteroatoms. The fourth-order valence-corrected chi connectivity index (χ4v) is 1.71. The number of hydrogen-bond acceptors (Lipinski definition) is 7. The summed E-state index contributed by atoms with van der Waals surface area (Å²) in [7, 11) is 1.37. The number of aromatic nitrogens is 2. The molecule has 106 valence electrons. The Bertz CT molecular complexity index is 436. The SMILES string of the molecule is COC(=O)C(CC(C)C)Nc1cc(C)nc(NN)n1. The molecule has 7 nitrogen and oxygen atoms in total. The van der Waals surface area contributed by atoms with Crippen LogP contribution in [0.15, 0.2) is 6.07 Å². The lowest BCUT2D eigenvalue weighted by molar-refractivity contribution is -0.141. The number of hydrogen-bond donors (Lipinski definition) is 3. The summed E-state index contributed by atoms with van der Waals surface area (Å²) in [6.07, 6.45) is 0.654. The first kappa shape index (κ1) is 15.2. The van der Waals surface area contributed by atoms with Crippen LogP contribution < -0.4 is 16.6 Å². The third kappa shape index (κ3) is 4.70. The molecule has 0 saturated carbocycles. The number of rotatable bonds is 6. The lowest BCUT2D eigenvalue weighted by Crippen LogP contribution is -2.32. The Balaban J connectivity index is 2.89. The number of carbonyl (C=O) groups is 1. The van der Waals surface area contributed by atoms with Crippen molar-refractivity contribution in [1.82, 2.24) is 9.97 Å². The number of nitrogen functional groups attached to an aromatic ring is 1. The van der Waals surface area contributed by atoms with E-state index in [0.29, 0.717) is 24.1 Å². The maximum absolute atomic E-state index is 11.7. The quantitative estimate of drug-likeness (QED) is 0.402. The van der Waals surface area contributed by atoms with Crippen molar-refractivity contribution in [2.75, 3.05) is 17.9 Å². The van der Waals surface area contributed by atoms with Crippen molar-refractivity contribution in [2.24, 2.45) is 11.8 Å². The average Bonchev–Trinajstić information content (AvgIpc) is 2.35. The van der Waals surface area contributed by atoms with Gasteiger partial charge in [0, 0.05) is 11.8 Å². The zero-order chi connectivity index (χ0) is 14.4. The molecule has 1 rings (SSSR count). The smallest absolute Gasteiger partial charge is 0.328 e. The molecule has 0 radical (unpaired) electrons. The van der Waals surface area contributed by atoms with E-state index in [1.165, 1.54) is 7.11 Å². The first-order valence-corrected chi connectivity index (χ1v) is 6.13. The number of carbonyl (C=O) groups excluding carboxylic acids is 1. The number of hydrazine groups is 1. The number of methoxy groups -OCH3 is 1. The van der Waals surface area contributed by atoms with E-state index in [1.54, 1.807) is 6.07 Å². The second kappa shape index (κ2) is 6.89. The van der Waals surface area contributed by atoms with Gasteiger partial charge in [-0.15, -0.1) is 0 Å². The third-order valence-electron chi connectivity index (χ3n) is 2.50. The molecule has 1 atom stereocenters. The molecule has 0 fully saturated rings. The van der Waals surface area contributed by atoms with Gasteiger partial charge >= 0.3 is 5.97 Å². The summed E-state index contributed by atoms with van der Waals surface area (Å²) < 4.78 is 4.79. The van der Waals surface area contributed by atoms with E-state index in [9.17, 15) is 4.79 Å². The molecule has 0 bridgehead atoms. The Labute approximate surface area is 112 Å². The van der Waals surface area contributed by atoms with Gasteiger partial charge in [-0.1, -0.05) is 13.8 Å². The zero-order valence-electron chi connectivity index (χ0n) is 11.7. The summed E-state index contributed by atoms with van der Waals surface area (Å²) in [5, 5.41) is 3.06. The van der Waals surface area contributed by atoms with Crippen molar-refractivity contribution < 1.29 is 9.53 Å². The largest absolute Gasteiger partial charge is 0.467 e. The lowest BCUT2D eigenvalue weighted by Gasteiger charge is -2.19. The minimum absolute atomic E-state index is 0.302. The molecule has 0 amide bonds. The van der Waals surface area contributed by atoms with Gasteiger partial charge in [0.25, 0.3) is 0 Å². The Morgan fingerprint density at radius 3 is 2.68 bits per heavy atom. The highest BCUT2D eigenvalue weighted by molar-refractivity contribution is 5.78. The van der Waals surface area contributed by atoms with Gasteiger partial charge in [-0.25, -0.2) is 15.6 Å². The number of nitrogens with zero attached hydrogens (tertiary/aromatic N) is 2. The Morgan fingerprint density at radius 2 is 2.16 bits per heavy atom. The molecule has 4 N–H and O–H groups in total. The van der Waals surface area contributed by atoms with E-state index in [1.807, 2.05) is 20.8 Å². The Morgan fingerprint density at radius 1 is 1.47 bits per heavy atom. The number of ether oxygens (including phenoxy) is 1. The minimum Gasteiger partial charge on any atom is -0.467 e. The molecule has 0 aliphatic rings. The van der Waals surface area contributed by atoms with Crippen molar-refractivity contribution >= 4 is 17.7 Å². The molecule has 0 aromatic carbocycles. The van der Waals surface area contributed by atoms with Crippen LogP contribution in [0.25, 0.3) is 0 Å². The van der Waals surface area contributed by atoms with E-state index in [4.69, 9.17) is 10.6 Å². The predicted octanol–water partition coefficient (Wildman–Crippen LogP) is 1.07. The van der Waals surface area contributed by atoms with Crippen LogP contribution in [0.5, 0.6) is 0 Å². The predicted molar refractivity (Wildman–Crippen MR) is 73.5 cm³/mol. The number of anilines is 2. The molecule has 0 saturated heterocycles. The first-order chi connectivity index (χ1) is 8.96. The van der Waals surface area contributed by atoms with E-state index in [0.717, 1.165) is 5.69 Å². The summed E-state index contributed by atoms with van der Waals surface area (Å²) >= 11 is 0. The van der Waals surface area contributed by atoms with Gasteiger partial charge in [-0.2, -0.15) is 4.98 Å². The minimum atomic E-state index is -0.440. The third-order valence-corrected chi connectivity index (χ3v) is 2.50. The Hall–Kier alpha value is -1.89. The van der Waals surface area contributed by atoms with Crippen LogP contribution in [0.1, 0.15) is 26.0 Å². The average molecular weight is 267 g/mol. The second-order valence-electron chi connectivity index (χ2n) is 4.71. The molecule has 1 aromatic rings. The fraction of sp³-hybridized carbons (Fsp3) is 0.583. The molecule has 0 aliphatic heterocycles. The molecular weight excluding hydrogens is 246 g/mol. The molecule has 1 heterocycles. The van der Waals surface area contributed by atoms with Crippen LogP contribution in [0.2, 0.25) is 0 Å². The molecule has 1 aromatic heterocycles. The molecule has 1 unspecified atom stereocenters. The maximum atomic E-state index is 11.7. The molecule has 0 aliphatic carbocycles. The Kier molecular flexibility index (Phi) is 5.50. The topological polar surface area (TPSA) is 102 Å². The van der Waals surface area contributed by atoms with E-state index >= 15 is 0 Å². The van der Waals surface area contributed by atoms with Crippen molar-refractivity contribution in [3.8, 4) is 0 Å². The summed E-state index contributed by atoms with van der Waals surface area (Å²) in [5.74, 6) is 6.17. The van der Waals surface area contributed by atoms with Crippen LogP contribution >= 0.6 is 0 Å². The number of esters is 1. The van der Waals surface area contributed by atoms with Gasteiger partial charge in [-0.05, 0) is 19.3 Å². The van der Waals surface area contributed by atoms with Crippen LogP contribution in [-0.2, 0) is 9.53 Å². The highest BCUT2D eigenvalue weighted by Gasteiger charge is 2.21. The van der Waals surface area contributed by atoms with E-state index < -0.39 is 6.04 Å². The summed E-state index contributed by atoms with van der Waals surface area (Å²) in [5.41, 5.74) is 3.14. The van der Waals surface area contributed by atoms with Gasteiger partial charge in [0.05, 0.1) is 7.11 Å². The van der Waals surface area contributed by atoms with Crippen molar-refractivity contribution in [3.05, 3.63) is 11.8 Å². The van der Waals surface area contributed by atoms with Gasteiger partial charge in [0.15, 0.2) is 0 Å². The van der Waals surface area contributed by atoms with Crippen molar-refractivity contribution in [1.29, 1.82) is 0 Å². The summed E-state index contributed by atoms with van der Waals surface area (Å²) in [4.78, 5) is 20.0. The standard InChI is InChI=1S/C12H21N5O2/c1-7(2)5-9(11(18)19-4)15-10-6-8(3)14-12(16-10)17-13/h6-7,9H,5,13H2,1-4H3,(H2,14,15,16,17). The van der Waals surface area contributed by atoms with Crippen LogP contribution in [0.3, 0.4) is 0 Å². The summed E-state index contributed by atoms with van der Waals surface area (Å²) in [6, 6.07) is 1.31. The van der Waals surface area contributed by atoms with Crippen molar-refractivity contribution in [3.63, 3.8) is 0 Å². The molecule has 0 spiro atoms. The van der Waals surface area contributed by atoms with Crippen LogP contribution in [0.4, 0.5) is 11.8 Å². The number of aryl methyl sites for hydroxylation is 1. The lowest BCUT2D eigenvalue weighted by atomic mass is 10.0. The highest BCUT2D eigenvalue weighted by atomic mass is 16.5. The first-order valence-electron chi connectivity index (χ1n) is 6.13. The molecule has 19 heavy (non-hydrogen) atoms. The maximum Gasteiger partial charge on any atom is 0.328 e. The van der Waals surface area contributed by atoms with Gasteiger partial charge in [0.1, 0.15) is 11.9 Å². The van der Waals surface area contributed by atoms with Crippen molar-refractivity contribution in [2.45, 2.75) is 33.2 Å². The normalized spacial score (nSPS) is 12.1. The van der Waals surface area contributed by atoms with Crippen LogP contribution in [0, 0.1) is 12.8 Å². The molecular formula is C12H21N5O2. The number of nitrogens with two attached hydrogens (primary N) is 1. The van der Waals surface area contributed by atoms with Crippen LogP contribution in [-0.4, -0.2) is 29.1 Å². The zero-order valence-corrected chi connectivity index (χ0v) is 11.7. The van der Waals surface area contributed by atoms with Gasteiger partial charge in [0.2, 0.25) is 5.95 Å². The second-order valence-corrected chi connectivity index (χ2v) is 4.71. The van der Waals surface area contributed by atoms with E-state index in [2.05, 4.69) is 20.7 Å².